The third kappa shape index (κ3) is 4.33. The van der Waals surface area contributed by atoms with Gasteiger partial charge in [-0.25, -0.2) is 4.98 Å². The van der Waals surface area contributed by atoms with Gasteiger partial charge in [-0.1, -0.05) is 13.8 Å². The standard InChI is InChI=1S/C15H22N2O3S/c1-11(2)9-17-7-6-16-13(14(17)19)21-10-15(4-5-15)8-12(18)20-3/h6-7,11H,4-5,8-10H2,1-3H3. The van der Waals surface area contributed by atoms with Crippen LogP contribution in [0.2, 0.25) is 0 Å². The third-order valence-corrected chi connectivity index (χ3v) is 4.97. The van der Waals surface area contributed by atoms with E-state index in [1.165, 1.54) is 18.9 Å². The number of rotatable bonds is 7. The summed E-state index contributed by atoms with van der Waals surface area (Å²) in [6.07, 6.45) is 5.87. The third-order valence-electron chi connectivity index (χ3n) is 3.66. The summed E-state index contributed by atoms with van der Waals surface area (Å²) in [5, 5.41) is 0.522. The molecule has 116 valence electrons. The van der Waals surface area contributed by atoms with E-state index in [1.54, 1.807) is 17.0 Å². The van der Waals surface area contributed by atoms with Crippen LogP contribution in [0.15, 0.2) is 22.2 Å². The number of hydrogen-bond acceptors (Lipinski definition) is 5. The van der Waals surface area contributed by atoms with Crippen LogP contribution in [-0.2, 0) is 16.1 Å². The van der Waals surface area contributed by atoms with Crippen molar-refractivity contribution in [2.45, 2.75) is 44.7 Å². The number of aromatic nitrogens is 2. The lowest BCUT2D eigenvalue weighted by Crippen LogP contribution is -2.24. The Hall–Kier alpha value is -1.30. The highest BCUT2D eigenvalue weighted by atomic mass is 32.2. The summed E-state index contributed by atoms with van der Waals surface area (Å²) < 4.78 is 6.44. The van der Waals surface area contributed by atoms with Crippen molar-refractivity contribution in [2.75, 3.05) is 12.9 Å². The Labute approximate surface area is 129 Å². The lowest BCUT2D eigenvalue weighted by Gasteiger charge is -2.13. The van der Waals surface area contributed by atoms with Crippen molar-refractivity contribution in [3.63, 3.8) is 0 Å². The summed E-state index contributed by atoms with van der Waals surface area (Å²) >= 11 is 1.46. The maximum absolute atomic E-state index is 12.3. The molecule has 0 saturated heterocycles. The second-order valence-electron chi connectivity index (χ2n) is 6.13. The predicted molar refractivity (Wildman–Crippen MR) is 82.4 cm³/mol. The molecule has 0 atom stereocenters. The SMILES string of the molecule is COC(=O)CC1(CSc2nccn(CC(C)C)c2=O)CC1. The van der Waals surface area contributed by atoms with Gasteiger partial charge in [0.1, 0.15) is 0 Å². The number of methoxy groups -OCH3 is 1. The topological polar surface area (TPSA) is 61.2 Å². The normalized spacial score (nSPS) is 16.0. The Morgan fingerprint density at radius 1 is 1.52 bits per heavy atom. The predicted octanol–water partition coefficient (Wildman–Crippen LogP) is 2.33. The summed E-state index contributed by atoms with van der Waals surface area (Å²) in [6, 6.07) is 0. The zero-order valence-corrected chi connectivity index (χ0v) is 13.6. The molecule has 0 unspecified atom stereocenters. The number of carbonyl (C=O) groups excluding carboxylic acids is 1. The molecule has 1 aliphatic rings. The fraction of sp³-hybridized carbons (Fsp3) is 0.667. The zero-order valence-electron chi connectivity index (χ0n) is 12.8. The summed E-state index contributed by atoms with van der Waals surface area (Å²) in [4.78, 5) is 27.9. The number of thioether (sulfide) groups is 1. The van der Waals surface area contributed by atoms with Crippen LogP contribution in [0.5, 0.6) is 0 Å². The Morgan fingerprint density at radius 3 is 2.81 bits per heavy atom. The van der Waals surface area contributed by atoms with E-state index in [2.05, 4.69) is 18.8 Å². The number of esters is 1. The molecule has 0 bridgehead atoms. The Bertz CT molecular complexity index is 564. The highest BCUT2D eigenvalue weighted by Crippen LogP contribution is 2.51. The van der Waals surface area contributed by atoms with Crippen molar-refractivity contribution < 1.29 is 9.53 Å². The lowest BCUT2D eigenvalue weighted by molar-refractivity contribution is -0.141. The second kappa shape index (κ2) is 6.64. The average molecular weight is 310 g/mol. The van der Waals surface area contributed by atoms with Gasteiger partial charge in [-0.2, -0.15) is 0 Å². The highest BCUT2D eigenvalue weighted by Gasteiger charge is 2.44. The van der Waals surface area contributed by atoms with Crippen molar-refractivity contribution in [3.8, 4) is 0 Å². The first-order valence-electron chi connectivity index (χ1n) is 7.21. The van der Waals surface area contributed by atoms with Gasteiger partial charge in [0.2, 0.25) is 0 Å². The fourth-order valence-corrected chi connectivity index (χ4v) is 3.42. The summed E-state index contributed by atoms with van der Waals surface area (Å²) in [5.41, 5.74) is -0.0324. The maximum Gasteiger partial charge on any atom is 0.306 e. The van der Waals surface area contributed by atoms with Crippen molar-refractivity contribution in [3.05, 3.63) is 22.7 Å². The van der Waals surface area contributed by atoms with Crippen LogP contribution < -0.4 is 5.56 Å². The molecular weight excluding hydrogens is 288 g/mol. The van der Waals surface area contributed by atoms with Crippen molar-refractivity contribution in [1.29, 1.82) is 0 Å². The van der Waals surface area contributed by atoms with E-state index >= 15 is 0 Å². The van der Waals surface area contributed by atoms with Gasteiger partial charge in [-0.3, -0.25) is 9.59 Å². The van der Waals surface area contributed by atoms with E-state index in [4.69, 9.17) is 4.74 Å². The molecule has 0 aromatic carbocycles. The van der Waals surface area contributed by atoms with E-state index in [9.17, 15) is 9.59 Å². The maximum atomic E-state index is 12.3. The molecule has 0 amide bonds. The van der Waals surface area contributed by atoms with Crippen molar-refractivity contribution >= 4 is 17.7 Å². The van der Waals surface area contributed by atoms with Crippen LogP contribution in [0.1, 0.15) is 33.1 Å². The minimum Gasteiger partial charge on any atom is -0.469 e. The average Bonchev–Trinajstić information content (AvgIpc) is 3.19. The van der Waals surface area contributed by atoms with Crippen LogP contribution in [0, 0.1) is 11.3 Å². The highest BCUT2D eigenvalue weighted by molar-refractivity contribution is 7.99. The van der Waals surface area contributed by atoms with Gasteiger partial charge in [0.05, 0.1) is 13.5 Å². The fourth-order valence-electron chi connectivity index (χ4n) is 2.21. The van der Waals surface area contributed by atoms with E-state index in [0.29, 0.717) is 23.9 Å². The van der Waals surface area contributed by atoms with Crippen LogP contribution in [-0.4, -0.2) is 28.4 Å². The molecule has 1 heterocycles. The molecule has 21 heavy (non-hydrogen) atoms. The van der Waals surface area contributed by atoms with Gasteiger partial charge in [-0.15, -0.1) is 11.8 Å². The number of ether oxygens (including phenoxy) is 1. The van der Waals surface area contributed by atoms with E-state index < -0.39 is 0 Å². The zero-order chi connectivity index (χ0) is 15.5. The van der Waals surface area contributed by atoms with Crippen molar-refractivity contribution in [2.24, 2.45) is 11.3 Å². The van der Waals surface area contributed by atoms with Crippen LogP contribution >= 0.6 is 11.8 Å². The van der Waals surface area contributed by atoms with Gasteiger partial charge in [0.25, 0.3) is 5.56 Å². The molecule has 0 aliphatic heterocycles. The molecule has 1 aromatic heterocycles. The number of hydrogen-bond donors (Lipinski definition) is 0. The Kier molecular flexibility index (Phi) is 5.08. The smallest absolute Gasteiger partial charge is 0.306 e. The molecule has 2 rings (SSSR count). The first-order chi connectivity index (χ1) is 9.96. The number of nitrogens with zero attached hydrogens (tertiary/aromatic N) is 2. The molecular formula is C15H22N2O3S. The molecule has 5 nitrogen and oxygen atoms in total. The molecule has 1 fully saturated rings. The van der Waals surface area contributed by atoms with Crippen LogP contribution in [0.3, 0.4) is 0 Å². The summed E-state index contributed by atoms with van der Waals surface area (Å²) in [5.74, 6) is 0.985. The van der Waals surface area contributed by atoms with E-state index in [0.717, 1.165) is 18.6 Å². The largest absolute Gasteiger partial charge is 0.469 e. The van der Waals surface area contributed by atoms with Gasteiger partial charge in [0, 0.05) is 24.7 Å². The van der Waals surface area contributed by atoms with E-state index in [-0.39, 0.29) is 16.9 Å². The van der Waals surface area contributed by atoms with Crippen LogP contribution in [0.4, 0.5) is 0 Å². The Morgan fingerprint density at radius 2 is 2.24 bits per heavy atom. The molecule has 6 heteroatoms. The van der Waals surface area contributed by atoms with Gasteiger partial charge in [0.15, 0.2) is 5.03 Å². The monoisotopic (exact) mass is 310 g/mol. The minimum absolute atomic E-state index is 0.00456. The second-order valence-corrected chi connectivity index (χ2v) is 7.09. The first-order valence-corrected chi connectivity index (χ1v) is 8.19. The van der Waals surface area contributed by atoms with Crippen LogP contribution in [0.25, 0.3) is 0 Å². The lowest BCUT2D eigenvalue weighted by atomic mass is 10.1. The van der Waals surface area contributed by atoms with Crippen molar-refractivity contribution in [1.82, 2.24) is 9.55 Å². The molecule has 1 aliphatic carbocycles. The van der Waals surface area contributed by atoms with Gasteiger partial charge >= 0.3 is 5.97 Å². The van der Waals surface area contributed by atoms with Gasteiger partial charge in [-0.05, 0) is 24.2 Å². The molecule has 1 aromatic rings. The Balaban J connectivity index is 2.01. The van der Waals surface area contributed by atoms with E-state index in [1.807, 2.05) is 0 Å². The minimum atomic E-state index is -0.175. The summed E-state index contributed by atoms with van der Waals surface area (Å²) in [7, 11) is 1.41. The quantitative estimate of drug-likeness (QED) is 0.571. The molecule has 0 radical (unpaired) electrons. The first kappa shape index (κ1) is 16.1. The molecule has 1 saturated carbocycles. The summed E-state index contributed by atoms with van der Waals surface area (Å²) in [6.45, 7) is 4.85. The molecule has 0 spiro atoms. The molecule has 0 N–H and O–H groups in total. The van der Waals surface area contributed by atoms with Gasteiger partial charge < -0.3 is 9.30 Å². The number of carbonyl (C=O) groups is 1.